The number of rotatable bonds is 8. The van der Waals surface area contributed by atoms with Crippen molar-refractivity contribution in [2.75, 3.05) is 7.11 Å². The summed E-state index contributed by atoms with van der Waals surface area (Å²) in [6.45, 7) is 0.140. The lowest BCUT2D eigenvalue weighted by molar-refractivity contribution is -0.137. The molecule has 0 saturated heterocycles. The minimum atomic E-state index is -1.01. The standard InChI is InChI=1S/C30H29FN2O5S/c1-37-26-24(11-6-12-25(26)38-18-19-7-5-10-22(17-19)30(35)36)29-33(28(34)21-8-3-2-4-9-21)32-27(39-29)20-13-15-23(31)16-14-20/h5-7,10-17,21,29H,2-4,8-9,18H2,1H3,(H,35,36). The van der Waals surface area contributed by atoms with E-state index in [9.17, 15) is 19.1 Å². The van der Waals surface area contributed by atoms with Gasteiger partial charge in [-0.25, -0.2) is 14.2 Å². The van der Waals surface area contributed by atoms with Gasteiger partial charge in [0.2, 0.25) is 5.91 Å². The second-order valence-electron chi connectivity index (χ2n) is 9.57. The smallest absolute Gasteiger partial charge is 0.335 e. The van der Waals surface area contributed by atoms with Crippen molar-refractivity contribution < 1.29 is 28.6 Å². The number of hydrogen-bond acceptors (Lipinski definition) is 6. The number of halogens is 1. The predicted octanol–water partition coefficient (Wildman–Crippen LogP) is 6.63. The van der Waals surface area contributed by atoms with Gasteiger partial charge >= 0.3 is 5.97 Å². The highest BCUT2D eigenvalue weighted by atomic mass is 32.2. The summed E-state index contributed by atoms with van der Waals surface area (Å²) in [6, 6.07) is 18.2. The lowest BCUT2D eigenvalue weighted by Gasteiger charge is -2.28. The summed E-state index contributed by atoms with van der Waals surface area (Å²) >= 11 is 1.41. The number of carboxylic acids is 1. The normalized spacial score (nSPS) is 17.5. The van der Waals surface area contributed by atoms with Gasteiger partial charge in [-0.1, -0.05) is 55.3 Å². The molecule has 3 aromatic rings. The lowest BCUT2D eigenvalue weighted by atomic mass is 9.88. The Bertz CT molecular complexity index is 1390. The molecule has 202 valence electrons. The Hall–Kier alpha value is -3.85. The zero-order valence-corrected chi connectivity index (χ0v) is 22.3. The van der Waals surface area contributed by atoms with Gasteiger partial charge in [0.15, 0.2) is 11.5 Å². The van der Waals surface area contributed by atoms with E-state index in [1.807, 2.05) is 12.1 Å². The molecule has 1 aliphatic carbocycles. The third-order valence-electron chi connectivity index (χ3n) is 6.96. The number of thioether (sulfide) groups is 1. The predicted molar refractivity (Wildman–Crippen MR) is 147 cm³/mol. The molecule has 7 nitrogen and oxygen atoms in total. The highest BCUT2D eigenvalue weighted by Gasteiger charge is 2.39. The van der Waals surface area contributed by atoms with Crippen molar-refractivity contribution in [1.82, 2.24) is 5.01 Å². The molecular weight excluding hydrogens is 519 g/mol. The zero-order valence-electron chi connectivity index (χ0n) is 21.5. The maximum absolute atomic E-state index is 13.7. The molecule has 1 aliphatic heterocycles. The minimum absolute atomic E-state index is 0.0248. The molecule has 1 heterocycles. The minimum Gasteiger partial charge on any atom is -0.492 e. The molecule has 1 fully saturated rings. The van der Waals surface area contributed by atoms with E-state index in [2.05, 4.69) is 0 Å². The van der Waals surface area contributed by atoms with Crippen LogP contribution in [0.1, 0.15) is 64.5 Å². The van der Waals surface area contributed by atoms with E-state index in [-0.39, 0.29) is 29.8 Å². The molecular formula is C30H29FN2O5S. The second kappa shape index (κ2) is 11.9. The van der Waals surface area contributed by atoms with Crippen molar-refractivity contribution in [2.24, 2.45) is 11.0 Å². The van der Waals surface area contributed by atoms with Gasteiger partial charge < -0.3 is 14.6 Å². The maximum atomic E-state index is 13.7. The molecule has 0 aromatic heterocycles. The SMILES string of the molecule is COc1c(OCc2cccc(C(=O)O)c2)cccc1C1SC(c2ccc(F)cc2)=NN1C(=O)C1CCCCC1. The fraction of sp³-hybridized carbons (Fsp3) is 0.300. The van der Waals surface area contributed by atoms with Crippen molar-refractivity contribution in [3.05, 3.63) is 94.8 Å². The number of nitrogens with zero attached hydrogens (tertiary/aromatic N) is 2. The summed E-state index contributed by atoms with van der Waals surface area (Å²) in [5.74, 6) is -0.518. The molecule has 0 spiro atoms. The largest absolute Gasteiger partial charge is 0.492 e. The van der Waals surface area contributed by atoms with Gasteiger partial charge in [-0.2, -0.15) is 5.10 Å². The Morgan fingerprint density at radius 1 is 1.05 bits per heavy atom. The molecule has 3 aromatic carbocycles. The van der Waals surface area contributed by atoms with Crippen LogP contribution >= 0.6 is 11.8 Å². The van der Waals surface area contributed by atoms with Crippen molar-refractivity contribution in [1.29, 1.82) is 0 Å². The van der Waals surface area contributed by atoms with E-state index in [1.54, 1.807) is 48.5 Å². The highest BCUT2D eigenvalue weighted by Crippen LogP contribution is 2.48. The zero-order chi connectivity index (χ0) is 27.4. The number of methoxy groups -OCH3 is 1. The summed E-state index contributed by atoms with van der Waals surface area (Å²) in [6.07, 6.45) is 4.85. The van der Waals surface area contributed by atoms with Crippen LogP contribution in [0.4, 0.5) is 4.39 Å². The summed E-state index contributed by atoms with van der Waals surface area (Å²) < 4.78 is 25.5. The monoisotopic (exact) mass is 548 g/mol. The third kappa shape index (κ3) is 5.93. The van der Waals surface area contributed by atoms with E-state index in [4.69, 9.17) is 14.6 Å². The van der Waals surface area contributed by atoms with Crippen molar-refractivity contribution in [3.8, 4) is 11.5 Å². The number of hydrogen-bond donors (Lipinski definition) is 1. The topological polar surface area (TPSA) is 88.4 Å². The van der Waals surface area contributed by atoms with Gasteiger partial charge in [0.05, 0.1) is 12.7 Å². The molecule has 1 amide bonds. The van der Waals surface area contributed by atoms with Crippen LogP contribution in [0.25, 0.3) is 0 Å². The van der Waals surface area contributed by atoms with Crippen LogP contribution in [-0.2, 0) is 11.4 Å². The van der Waals surface area contributed by atoms with Crippen molar-refractivity contribution in [3.63, 3.8) is 0 Å². The quantitative estimate of drug-likeness (QED) is 0.340. The van der Waals surface area contributed by atoms with Gasteiger partial charge in [0.1, 0.15) is 22.8 Å². The van der Waals surface area contributed by atoms with E-state index < -0.39 is 11.3 Å². The Morgan fingerprint density at radius 2 is 1.79 bits per heavy atom. The first-order valence-corrected chi connectivity index (χ1v) is 13.8. The van der Waals surface area contributed by atoms with Crippen molar-refractivity contribution >= 4 is 28.7 Å². The highest BCUT2D eigenvalue weighted by molar-refractivity contribution is 8.14. The lowest BCUT2D eigenvalue weighted by Crippen LogP contribution is -2.33. The van der Waals surface area contributed by atoms with Crippen LogP contribution in [0, 0.1) is 11.7 Å². The van der Waals surface area contributed by atoms with Crippen LogP contribution < -0.4 is 9.47 Å². The third-order valence-corrected chi connectivity index (χ3v) is 8.18. The molecule has 2 aliphatic rings. The van der Waals surface area contributed by atoms with E-state index in [0.717, 1.165) is 43.2 Å². The molecule has 1 N–H and O–H groups in total. The first-order chi connectivity index (χ1) is 18.9. The number of carboxylic acid groups (broad SMARTS) is 1. The van der Waals surface area contributed by atoms with Gasteiger partial charge in [-0.3, -0.25) is 4.79 Å². The Balaban J connectivity index is 1.45. The van der Waals surface area contributed by atoms with Crippen LogP contribution in [0.5, 0.6) is 11.5 Å². The number of amides is 1. The van der Waals surface area contributed by atoms with E-state index in [0.29, 0.717) is 22.1 Å². The summed E-state index contributed by atoms with van der Waals surface area (Å²) in [7, 11) is 1.55. The number of carbonyl (C=O) groups is 2. The summed E-state index contributed by atoms with van der Waals surface area (Å²) in [5.41, 5.74) is 2.34. The molecule has 9 heteroatoms. The average molecular weight is 549 g/mol. The van der Waals surface area contributed by atoms with Crippen LogP contribution in [0.15, 0.2) is 71.8 Å². The number of benzene rings is 3. The molecule has 39 heavy (non-hydrogen) atoms. The Kier molecular flexibility index (Phi) is 8.16. The molecule has 1 unspecified atom stereocenters. The Labute approximate surface area is 230 Å². The fourth-order valence-corrected chi connectivity index (χ4v) is 6.14. The number of para-hydroxylation sites is 1. The van der Waals surface area contributed by atoms with Gasteiger partial charge in [0.25, 0.3) is 0 Å². The molecule has 0 bridgehead atoms. The maximum Gasteiger partial charge on any atom is 0.335 e. The van der Waals surface area contributed by atoms with Crippen LogP contribution in [0.2, 0.25) is 0 Å². The van der Waals surface area contributed by atoms with E-state index >= 15 is 0 Å². The molecule has 1 saturated carbocycles. The number of ether oxygens (including phenoxy) is 2. The number of hydrazone groups is 1. The first kappa shape index (κ1) is 26.7. The number of aromatic carboxylic acids is 1. The van der Waals surface area contributed by atoms with Crippen LogP contribution in [-0.4, -0.2) is 34.1 Å². The van der Waals surface area contributed by atoms with Crippen molar-refractivity contribution in [2.45, 2.75) is 44.1 Å². The average Bonchev–Trinajstić information content (AvgIpc) is 3.41. The van der Waals surface area contributed by atoms with Crippen LogP contribution in [0.3, 0.4) is 0 Å². The van der Waals surface area contributed by atoms with E-state index in [1.165, 1.54) is 30.0 Å². The van der Waals surface area contributed by atoms with Gasteiger partial charge in [-0.15, -0.1) is 0 Å². The fourth-order valence-electron chi connectivity index (χ4n) is 4.96. The first-order valence-electron chi connectivity index (χ1n) is 12.9. The Morgan fingerprint density at radius 3 is 2.51 bits per heavy atom. The molecule has 5 rings (SSSR count). The van der Waals surface area contributed by atoms with Gasteiger partial charge in [0, 0.05) is 17.0 Å². The summed E-state index contributed by atoms with van der Waals surface area (Å²) in [5, 5.41) is 15.7. The molecule has 1 atom stereocenters. The second-order valence-corrected chi connectivity index (χ2v) is 10.6. The van der Waals surface area contributed by atoms with Gasteiger partial charge in [-0.05, 0) is 60.9 Å². The molecule has 0 radical (unpaired) electrons. The summed E-state index contributed by atoms with van der Waals surface area (Å²) in [4.78, 5) is 25.1. The number of carbonyl (C=O) groups excluding carboxylic acids is 1.